The van der Waals surface area contributed by atoms with Crippen LogP contribution in [-0.4, -0.2) is 25.7 Å². The van der Waals surface area contributed by atoms with Crippen molar-refractivity contribution >= 4 is 0 Å². The highest BCUT2D eigenvalue weighted by atomic mass is 19.3. The molecule has 1 rings (SSSR count). The second-order valence-electron chi connectivity index (χ2n) is 4.20. The minimum atomic E-state index is -2.77. The third-order valence-electron chi connectivity index (χ3n) is 2.65. The molecule has 1 aromatic rings. The lowest BCUT2D eigenvalue weighted by Crippen LogP contribution is -2.31. The van der Waals surface area contributed by atoms with E-state index in [2.05, 4.69) is 17.0 Å². The molecular weight excluding hydrogens is 238 g/mol. The van der Waals surface area contributed by atoms with Crippen LogP contribution >= 0.6 is 0 Å². The Balaban J connectivity index is 2.34. The molecule has 0 saturated heterocycles. The molecule has 0 bridgehead atoms. The van der Waals surface area contributed by atoms with Crippen LogP contribution in [-0.2, 0) is 6.42 Å². The van der Waals surface area contributed by atoms with Crippen molar-refractivity contribution in [3.05, 3.63) is 29.8 Å². The third kappa shape index (κ3) is 5.93. The topological polar surface area (TPSA) is 47.3 Å². The van der Waals surface area contributed by atoms with Gasteiger partial charge in [0.15, 0.2) is 0 Å². The molecule has 0 amide bonds. The highest BCUT2D eigenvalue weighted by Gasteiger charge is 2.05. The van der Waals surface area contributed by atoms with E-state index in [1.807, 2.05) is 12.1 Å². The Hall–Kier alpha value is -1.20. The summed E-state index contributed by atoms with van der Waals surface area (Å²) >= 11 is 0. The summed E-state index contributed by atoms with van der Waals surface area (Å²) in [6.45, 7) is 0.771. The van der Waals surface area contributed by atoms with E-state index >= 15 is 0 Å². The van der Waals surface area contributed by atoms with Gasteiger partial charge in [-0.2, -0.15) is 8.78 Å². The van der Waals surface area contributed by atoms with Crippen molar-refractivity contribution in [3.63, 3.8) is 0 Å². The lowest BCUT2D eigenvalue weighted by Gasteiger charge is -2.13. The van der Waals surface area contributed by atoms with Crippen LogP contribution in [0, 0.1) is 0 Å². The summed E-state index contributed by atoms with van der Waals surface area (Å²) in [6, 6.07) is 7.16. The molecule has 0 fully saturated rings. The van der Waals surface area contributed by atoms with Gasteiger partial charge in [0.05, 0.1) is 0 Å². The van der Waals surface area contributed by atoms with E-state index in [9.17, 15) is 8.78 Å². The predicted molar refractivity (Wildman–Crippen MR) is 67.9 cm³/mol. The molecule has 1 atom stereocenters. The van der Waals surface area contributed by atoms with Crippen molar-refractivity contribution in [2.24, 2.45) is 5.73 Å². The quantitative estimate of drug-likeness (QED) is 0.751. The standard InChI is InChI=1S/C13H20F2N2O/c1-10(17-9-8-16)2-3-11-4-6-12(7-5-11)18-13(14)15/h4-7,10,13,17H,2-3,8-9,16H2,1H3. The number of nitrogens with one attached hydrogen (secondary N) is 1. The van der Waals surface area contributed by atoms with Gasteiger partial charge in [-0.1, -0.05) is 12.1 Å². The number of halogens is 2. The minimum absolute atomic E-state index is 0.197. The zero-order valence-corrected chi connectivity index (χ0v) is 10.5. The Morgan fingerprint density at radius 3 is 2.50 bits per heavy atom. The minimum Gasteiger partial charge on any atom is -0.435 e. The van der Waals surface area contributed by atoms with Crippen molar-refractivity contribution < 1.29 is 13.5 Å². The van der Waals surface area contributed by atoms with E-state index < -0.39 is 6.61 Å². The molecular formula is C13H20F2N2O. The number of aryl methyl sites for hydroxylation is 1. The largest absolute Gasteiger partial charge is 0.435 e. The molecule has 3 N–H and O–H groups in total. The molecule has 0 saturated carbocycles. The number of hydrogen-bond acceptors (Lipinski definition) is 3. The van der Waals surface area contributed by atoms with Crippen LogP contribution < -0.4 is 15.8 Å². The molecule has 0 aliphatic rings. The van der Waals surface area contributed by atoms with E-state index in [0.29, 0.717) is 12.6 Å². The summed E-state index contributed by atoms with van der Waals surface area (Å²) in [5.41, 5.74) is 6.51. The monoisotopic (exact) mass is 258 g/mol. The third-order valence-corrected chi connectivity index (χ3v) is 2.65. The van der Waals surface area contributed by atoms with Gasteiger partial charge in [-0.25, -0.2) is 0 Å². The van der Waals surface area contributed by atoms with Gasteiger partial charge in [-0.05, 0) is 37.5 Å². The molecule has 1 unspecified atom stereocenters. The van der Waals surface area contributed by atoms with E-state index in [4.69, 9.17) is 5.73 Å². The van der Waals surface area contributed by atoms with Crippen LogP contribution in [0.3, 0.4) is 0 Å². The maximum absolute atomic E-state index is 12.0. The van der Waals surface area contributed by atoms with Crippen LogP contribution in [0.5, 0.6) is 5.75 Å². The van der Waals surface area contributed by atoms with Gasteiger partial charge in [0, 0.05) is 19.1 Å². The zero-order valence-electron chi connectivity index (χ0n) is 10.5. The maximum Gasteiger partial charge on any atom is 0.387 e. The van der Waals surface area contributed by atoms with Crippen LogP contribution in [0.4, 0.5) is 8.78 Å². The van der Waals surface area contributed by atoms with Crippen molar-refractivity contribution in [2.45, 2.75) is 32.4 Å². The summed E-state index contributed by atoms with van der Waals surface area (Å²) in [6.07, 6.45) is 1.88. The summed E-state index contributed by atoms with van der Waals surface area (Å²) in [7, 11) is 0. The molecule has 0 aliphatic carbocycles. The Morgan fingerprint density at radius 2 is 1.94 bits per heavy atom. The number of rotatable bonds is 8. The Morgan fingerprint density at radius 1 is 1.28 bits per heavy atom. The summed E-state index contributed by atoms with van der Waals surface area (Å²) < 4.78 is 28.2. The zero-order chi connectivity index (χ0) is 13.4. The van der Waals surface area contributed by atoms with Gasteiger partial charge >= 0.3 is 6.61 Å². The van der Waals surface area contributed by atoms with E-state index in [1.165, 1.54) is 0 Å². The van der Waals surface area contributed by atoms with Crippen LogP contribution in [0.2, 0.25) is 0 Å². The smallest absolute Gasteiger partial charge is 0.387 e. The second-order valence-corrected chi connectivity index (χ2v) is 4.20. The molecule has 0 aromatic heterocycles. The lowest BCUT2D eigenvalue weighted by molar-refractivity contribution is -0.0498. The van der Waals surface area contributed by atoms with Gasteiger partial charge in [0.25, 0.3) is 0 Å². The molecule has 0 spiro atoms. The van der Waals surface area contributed by atoms with Crippen LogP contribution in [0.15, 0.2) is 24.3 Å². The Labute approximate surface area is 106 Å². The van der Waals surface area contributed by atoms with Crippen molar-refractivity contribution in [1.29, 1.82) is 0 Å². The SMILES string of the molecule is CC(CCc1ccc(OC(F)F)cc1)NCCN. The number of nitrogens with two attached hydrogens (primary N) is 1. The summed E-state index contributed by atoms with van der Waals surface area (Å²) in [5, 5.41) is 3.29. The first-order valence-electron chi connectivity index (χ1n) is 6.09. The van der Waals surface area contributed by atoms with Gasteiger partial charge in [0.2, 0.25) is 0 Å². The number of ether oxygens (including phenoxy) is 1. The number of hydrogen-bond donors (Lipinski definition) is 2. The first-order chi connectivity index (χ1) is 8.61. The van der Waals surface area contributed by atoms with Crippen molar-refractivity contribution in [1.82, 2.24) is 5.32 Å². The van der Waals surface area contributed by atoms with Crippen molar-refractivity contribution in [3.8, 4) is 5.75 Å². The average Bonchev–Trinajstić information content (AvgIpc) is 2.35. The molecule has 18 heavy (non-hydrogen) atoms. The summed E-state index contributed by atoms with van der Waals surface area (Å²) in [5.74, 6) is 0.197. The molecule has 0 radical (unpaired) electrons. The highest BCUT2D eigenvalue weighted by Crippen LogP contribution is 2.16. The van der Waals surface area contributed by atoms with E-state index in [-0.39, 0.29) is 5.75 Å². The van der Waals surface area contributed by atoms with Crippen molar-refractivity contribution in [2.75, 3.05) is 13.1 Å². The first kappa shape index (κ1) is 14.9. The van der Waals surface area contributed by atoms with E-state index in [0.717, 1.165) is 24.9 Å². The fourth-order valence-corrected chi connectivity index (χ4v) is 1.65. The number of benzene rings is 1. The number of alkyl halides is 2. The first-order valence-corrected chi connectivity index (χ1v) is 6.09. The van der Waals surface area contributed by atoms with Crippen LogP contribution in [0.1, 0.15) is 18.9 Å². The van der Waals surface area contributed by atoms with Gasteiger partial charge in [-0.3, -0.25) is 0 Å². The molecule has 1 aromatic carbocycles. The van der Waals surface area contributed by atoms with Gasteiger partial charge < -0.3 is 15.8 Å². The second kappa shape index (κ2) is 8.00. The fourth-order valence-electron chi connectivity index (χ4n) is 1.65. The van der Waals surface area contributed by atoms with Gasteiger partial charge in [-0.15, -0.1) is 0 Å². The molecule has 0 heterocycles. The van der Waals surface area contributed by atoms with Crippen LogP contribution in [0.25, 0.3) is 0 Å². The average molecular weight is 258 g/mol. The molecule has 5 heteroatoms. The normalized spacial score (nSPS) is 12.7. The fraction of sp³-hybridized carbons (Fsp3) is 0.538. The Kier molecular flexibility index (Phi) is 6.60. The molecule has 3 nitrogen and oxygen atoms in total. The maximum atomic E-state index is 12.0. The van der Waals surface area contributed by atoms with Gasteiger partial charge in [0.1, 0.15) is 5.75 Å². The lowest BCUT2D eigenvalue weighted by atomic mass is 10.1. The highest BCUT2D eigenvalue weighted by molar-refractivity contribution is 5.27. The summed E-state index contributed by atoms with van der Waals surface area (Å²) in [4.78, 5) is 0. The predicted octanol–water partition coefficient (Wildman–Crippen LogP) is 2.16. The molecule has 0 aliphatic heterocycles. The Bertz CT molecular complexity index is 330. The molecule has 102 valence electrons. The van der Waals surface area contributed by atoms with E-state index in [1.54, 1.807) is 12.1 Å².